The van der Waals surface area contributed by atoms with E-state index in [1.807, 2.05) is 12.3 Å². The molecule has 0 aliphatic heterocycles. The molecule has 1 aromatic carbocycles. The Kier molecular flexibility index (Phi) is 4.52. The quantitative estimate of drug-likeness (QED) is 0.539. The van der Waals surface area contributed by atoms with Gasteiger partial charge in [0, 0.05) is 23.2 Å². The van der Waals surface area contributed by atoms with Crippen LogP contribution in [0, 0.1) is 12.7 Å². The number of rotatable bonds is 4. The Morgan fingerprint density at radius 2 is 2.25 bits per heavy atom. The van der Waals surface area contributed by atoms with Crippen LogP contribution in [-0.2, 0) is 16.1 Å². The van der Waals surface area contributed by atoms with Gasteiger partial charge < -0.3 is 4.74 Å². The summed E-state index contributed by atoms with van der Waals surface area (Å²) in [7, 11) is 0. The summed E-state index contributed by atoms with van der Waals surface area (Å²) in [4.78, 5) is 28.6. The van der Waals surface area contributed by atoms with E-state index in [1.165, 1.54) is 46.1 Å². The van der Waals surface area contributed by atoms with E-state index in [9.17, 15) is 14.0 Å². The van der Waals surface area contributed by atoms with E-state index in [4.69, 9.17) is 4.74 Å². The Bertz CT molecular complexity index is 991. The van der Waals surface area contributed by atoms with Crippen molar-refractivity contribution in [1.29, 1.82) is 0 Å². The predicted molar refractivity (Wildman–Crippen MR) is 89.3 cm³/mol. The molecule has 7 heteroatoms. The summed E-state index contributed by atoms with van der Waals surface area (Å²) >= 11 is 1.35. The number of ether oxygens (including phenoxy) is 1. The Morgan fingerprint density at radius 1 is 1.42 bits per heavy atom. The zero-order chi connectivity index (χ0) is 17.1. The molecule has 0 unspecified atom stereocenters. The summed E-state index contributed by atoms with van der Waals surface area (Å²) in [5, 5.41) is 1.83. The van der Waals surface area contributed by atoms with Crippen LogP contribution in [0.2, 0.25) is 0 Å². The Hall–Kier alpha value is -2.80. The van der Waals surface area contributed by atoms with Gasteiger partial charge in [0.05, 0.1) is 5.69 Å². The fourth-order valence-electron chi connectivity index (χ4n) is 2.14. The molecule has 0 bridgehead atoms. The Labute approximate surface area is 140 Å². The first-order valence-electron chi connectivity index (χ1n) is 7.10. The number of fused-ring (bicyclic) bond motifs is 1. The Balaban J connectivity index is 1.67. The molecule has 2 heterocycles. The average molecular weight is 344 g/mol. The predicted octanol–water partition coefficient (Wildman–Crippen LogP) is 2.96. The van der Waals surface area contributed by atoms with Gasteiger partial charge >= 0.3 is 5.97 Å². The van der Waals surface area contributed by atoms with E-state index in [-0.39, 0.29) is 18.0 Å². The van der Waals surface area contributed by atoms with Gasteiger partial charge in [0.15, 0.2) is 4.96 Å². The number of thiazole rings is 1. The van der Waals surface area contributed by atoms with Gasteiger partial charge in [-0.05, 0) is 30.7 Å². The zero-order valence-corrected chi connectivity index (χ0v) is 13.5. The van der Waals surface area contributed by atoms with Gasteiger partial charge in [-0.1, -0.05) is 12.1 Å². The molecule has 0 aliphatic carbocycles. The number of carbonyl (C=O) groups excluding carboxylic acids is 1. The molecule has 0 saturated carbocycles. The van der Waals surface area contributed by atoms with Crippen molar-refractivity contribution in [2.45, 2.75) is 13.5 Å². The molecule has 0 saturated heterocycles. The third-order valence-electron chi connectivity index (χ3n) is 3.25. The van der Waals surface area contributed by atoms with Crippen molar-refractivity contribution < 1.29 is 13.9 Å². The van der Waals surface area contributed by atoms with E-state index >= 15 is 0 Å². The highest BCUT2D eigenvalue weighted by Gasteiger charge is 2.07. The first-order valence-corrected chi connectivity index (χ1v) is 7.98. The standard InChI is InChI=1S/C17H13FN2O3S/c1-11-10-24-17-19-14(8-15(21)20(11)17)9-23-16(22)6-5-12-3-2-4-13(18)7-12/h2-8,10H,9H2,1H3/b6-5+. The Morgan fingerprint density at radius 3 is 3.04 bits per heavy atom. The number of benzene rings is 1. The van der Waals surface area contributed by atoms with Crippen molar-refractivity contribution in [3.8, 4) is 0 Å². The van der Waals surface area contributed by atoms with Crippen molar-refractivity contribution in [2.24, 2.45) is 0 Å². The minimum atomic E-state index is -0.594. The lowest BCUT2D eigenvalue weighted by Crippen LogP contribution is -2.16. The van der Waals surface area contributed by atoms with Crippen LogP contribution in [0.25, 0.3) is 11.0 Å². The molecule has 2 aromatic heterocycles. The first-order chi connectivity index (χ1) is 11.5. The molecule has 0 amide bonds. The number of carbonyl (C=O) groups is 1. The zero-order valence-electron chi connectivity index (χ0n) is 12.7. The maximum atomic E-state index is 13.0. The monoisotopic (exact) mass is 344 g/mol. The topological polar surface area (TPSA) is 60.7 Å². The fourth-order valence-corrected chi connectivity index (χ4v) is 3.03. The highest BCUT2D eigenvalue weighted by molar-refractivity contribution is 7.15. The smallest absolute Gasteiger partial charge is 0.331 e. The molecule has 3 rings (SSSR count). The maximum Gasteiger partial charge on any atom is 0.331 e. The van der Waals surface area contributed by atoms with Gasteiger partial charge in [0.1, 0.15) is 12.4 Å². The van der Waals surface area contributed by atoms with Crippen LogP contribution >= 0.6 is 11.3 Å². The SMILES string of the molecule is Cc1csc2nc(COC(=O)/C=C/c3cccc(F)c3)cc(=O)n12. The highest BCUT2D eigenvalue weighted by Crippen LogP contribution is 2.12. The number of halogens is 1. The number of aryl methyl sites for hydroxylation is 1. The van der Waals surface area contributed by atoms with E-state index in [0.717, 1.165) is 5.69 Å². The van der Waals surface area contributed by atoms with Gasteiger partial charge in [0.2, 0.25) is 0 Å². The number of hydrogen-bond acceptors (Lipinski definition) is 5. The molecule has 24 heavy (non-hydrogen) atoms. The van der Waals surface area contributed by atoms with Crippen LogP contribution in [-0.4, -0.2) is 15.4 Å². The molecule has 122 valence electrons. The van der Waals surface area contributed by atoms with Gasteiger partial charge in [-0.15, -0.1) is 11.3 Å². The van der Waals surface area contributed by atoms with Gasteiger partial charge in [0.25, 0.3) is 5.56 Å². The third kappa shape index (κ3) is 3.57. The van der Waals surface area contributed by atoms with Crippen LogP contribution in [0.3, 0.4) is 0 Å². The molecule has 0 fully saturated rings. The van der Waals surface area contributed by atoms with E-state index in [2.05, 4.69) is 4.98 Å². The molecule has 0 N–H and O–H groups in total. The lowest BCUT2D eigenvalue weighted by molar-refractivity contribution is -0.139. The van der Waals surface area contributed by atoms with Crippen molar-refractivity contribution in [2.75, 3.05) is 0 Å². The minimum absolute atomic E-state index is 0.102. The second-order valence-corrected chi connectivity index (χ2v) is 5.91. The van der Waals surface area contributed by atoms with Gasteiger partial charge in [-0.25, -0.2) is 14.2 Å². The second-order valence-electron chi connectivity index (χ2n) is 5.08. The minimum Gasteiger partial charge on any atom is -0.456 e. The molecular formula is C17H13FN2O3S. The summed E-state index contributed by atoms with van der Waals surface area (Å²) in [5.41, 5.74) is 1.54. The summed E-state index contributed by atoms with van der Waals surface area (Å²) in [6.45, 7) is 1.72. The molecule has 3 aromatic rings. The number of nitrogens with zero attached hydrogens (tertiary/aromatic N) is 2. The van der Waals surface area contributed by atoms with Crippen LogP contribution in [0.1, 0.15) is 17.0 Å². The van der Waals surface area contributed by atoms with Gasteiger partial charge in [-0.2, -0.15) is 0 Å². The van der Waals surface area contributed by atoms with Crippen LogP contribution in [0.4, 0.5) is 4.39 Å². The number of hydrogen-bond donors (Lipinski definition) is 0. The highest BCUT2D eigenvalue weighted by atomic mass is 32.1. The van der Waals surface area contributed by atoms with Crippen LogP contribution in [0.5, 0.6) is 0 Å². The largest absolute Gasteiger partial charge is 0.456 e. The number of aromatic nitrogens is 2. The molecule has 0 spiro atoms. The fraction of sp³-hybridized carbons (Fsp3) is 0.118. The molecule has 0 aliphatic rings. The normalized spacial score (nSPS) is 11.2. The average Bonchev–Trinajstić information content (AvgIpc) is 2.93. The van der Waals surface area contributed by atoms with Crippen molar-refractivity contribution in [3.63, 3.8) is 0 Å². The number of esters is 1. The maximum absolute atomic E-state index is 13.0. The van der Waals surface area contributed by atoms with Gasteiger partial charge in [-0.3, -0.25) is 9.20 Å². The van der Waals surface area contributed by atoms with E-state index in [1.54, 1.807) is 12.1 Å². The second kappa shape index (κ2) is 6.76. The summed E-state index contributed by atoms with van der Waals surface area (Å²) < 4.78 is 19.6. The molecular weight excluding hydrogens is 331 g/mol. The van der Waals surface area contributed by atoms with E-state index < -0.39 is 5.97 Å². The van der Waals surface area contributed by atoms with E-state index in [0.29, 0.717) is 16.2 Å². The third-order valence-corrected chi connectivity index (χ3v) is 4.20. The lowest BCUT2D eigenvalue weighted by Gasteiger charge is -2.02. The molecule has 0 atom stereocenters. The molecule has 0 radical (unpaired) electrons. The van der Waals surface area contributed by atoms with Crippen molar-refractivity contribution in [1.82, 2.24) is 9.38 Å². The summed E-state index contributed by atoms with van der Waals surface area (Å²) in [5.74, 6) is -0.974. The lowest BCUT2D eigenvalue weighted by atomic mass is 10.2. The summed E-state index contributed by atoms with van der Waals surface area (Å²) in [6.07, 6.45) is 2.66. The summed E-state index contributed by atoms with van der Waals surface area (Å²) in [6, 6.07) is 7.19. The van der Waals surface area contributed by atoms with Crippen LogP contribution in [0.15, 0.2) is 46.6 Å². The van der Waals surface area contributed by atoms with Crippen molar-refractivity contribution >= 4 is 28.3 Å². The van der Waals surface area contributed by atoms with Crippen LogP contribution < -0.4 is 5.56 Å². The molecule has 5 nitrogen and oxygen atoms in total. The van der Waals surface area contributed by atoms with Crippen molar-refractivity contribution in [3.05, 3.63) is 74.9 Å². The first kappa shape index (κ1) is 16.1.